The van der Waals surface area contributed by atoms with E-state index in [1.807, 2.05) is 25.1 Å². The van der Waals surface area contributed by atoms with Gasteiger partial charge in [-0.05, 0) is 73.0 Å². The number of carbonyl (C=O) groups is 3. The molecule has 3 amide bonds. The van der Waals surface area contributed by atoms with Gasteiger partial charge >= 0.3 is 0 Å². The van der Waals surface area contributed by atoms with Gasteiger partial charge in [-0.1, -0.05) is 24.3 Å². The number of unbranched alkanes of at least 4 members (excludes halogenated alkanes) is 1. The minimum absolute atomic E-state index is 0.170. The number of aromatic nitrogens is 1. The van der Waals surface area contributed by atoms with Gasteiger partial charge < -0.3 is 0 Å². The molecule has 0 radical (unpaired) electrons. The molecular weight excluding hydrogens is 525 g/mol. The Morgan fingerprint density at radius 3 is 2.35 bits per heavy atom. The van der Waals surface area contributed by atoms with Crippen LogP contribution in [0.1, 0.15) is 54.5 Å². The number of amides is 3. The van der Waals surface area contributed by atoms with Gasteiger partial charge in [-0.25, -0.2) is 4.98 Å². The van der Waals surface area contributed by atoms with Gasteiger partial charge in [0.1, 0.15) is 0 Å². The fourth-order valence-corrected chi connectivity index (χ4v) is 5.15. The quantitative estimate of drug-likeness (QED) is 0.260. The third-order valence-electron chi connectivity index (χ3n) is 5.15. The first kappa shape index (κ1) is 21.6. The highest BCUT2D eigenvalue weighted by molar-refractivity contribution is 14.1. The molecule has 0 bridgehead atoms. The SMILES string of the molecule is Cc1nc(NC(=O)c2ccccc2I)sc1CCCCN1C(=O)c2ccccc2C1=O. The number of benzene rings is 2. The molecule has 1 N–H and O–H groups in total. The zero-order chi connectivity index (χ0) is 22.0. The number of thiazole rings is 1. The van der Waals surface area contributed by atoms with Gasteiger partial charge in [0.05, 0.1) is 22.4 Å². The summed E-state index contributed by atoms with van der Waals surface area (Å²) in [6, 6.07) is 14.4. The lowest BCUT2D eigenvalue weighted by atomic mass is 10.1. The lowest BCUT2D eigenvalue weighted by Crippen LogP contribution is -2.30. The van der Waals surface area contributed by atoms with Crippen LogP contribution in [0, 0.1) is 10.5 Å². The summed E-state index contributed by atoms with van der Waals surface area (Å²) in [5.74, 6) is -0.596. The lowest BCUT2D eigenvalue weighted by molar-refractivity contribution is 0.0651. The van der Waals surface area contributed by atoms with E-state index in [1.54, 1.807) is 30.3 Å². The molecule has 8 heteroatoms. The molecule has 0 unspecified atom stereocenters. The van der Waals surface area contributed by atoms with Crippen molar-refractivity contribution in [3.63, 3.8) is 0 Å². The van der Waals surface area contributed by atoms with Crippen molar-refractivity contribution in [3.8, 4) is 0 Å². The summed E-state index contributed by atoms with van der Waals surface area (Å²) in [6.45, 7) is 2.33. The smallest absolute Gasteiger partial charge is 0.261 e. The standard InChI is InChI=1S/C23H20IN3O3S/c1-14-19(31-23(25-14)26-20(28)17-10-4-5-11-18(17)24)12-6-7-13-27-21(29)15-8-2-3-9-16(15)22(27)30/h2-5,8-11H,6-7,12-13H2,1H3,(H,25,26,28). The van der Waals surface area contributed by atoms with E-state index >= 15 is 0 Å². The summed E-state index contributed by atoms with van der Waals surface area (Å²) in [6.07, 6.45) is 2.32. The maximum Gasteiger partial charge on any atom is 0.261 e. The predicted octanol–water partition coefficient (Wildman–Crippen LogP) is 4.93. The molecule has 1 aromatic heterocycles. The number of hydrogen-bond donors (Lipinski definition) is 1. The van der Waals surface area contributed by atoms with Crippen LogP contribution in [0.5, 0.6) is 0 Å². The molecule has 0 spiro atoms. The number of carbonyl (C=O) groups excluding carboxylic acids is 3. The van der Waals surface area contributed by atoms with E-state index in [1.165, 1.54) is 16.2 Å². The monoisotopic (exact) mass is 545 g/mol. The number of halogens is 1. The van der Waals surface area contributed by atoms with Crippen LogP contribution in [0.4, 0.5) is 5.13 Å². The van der Waals surface area contributed by atoms with Crippen molar-refractivity contribution in [2.75, 3.05) is 11.9 Å². The second kappa shape index (κ2) is 9.27. The lowest BCUT2D eigenvalue weighted by Gasteiger charge is -2.13. The van der Waals surface area contributed by atoms with Crippen LogP contribution in [0.15, 0.2) is 48.5 Å². The zero-order valence-electron chi connectivity index (χ0n) is 16.9. The molecule has 1 aliphatic rings. The molecule has 0 aliphatic carbocycles. The van der Waals surface area contributed by atoms with Crippen molar-refractivity contribution in [1.82, 2.24) is 9.88 Å². The van der Waals surface area contributed by atoms with Crippen molar-refractivity contribution in [2.45, 2.75) is 26.2 Å². The van der Waals surface area contributed by atoms with Crippen LogP contribution in [-0.4, -0.2) is 34.2 Å². The third kappa shape index (κ3) is 4.54. The van der Waals surface area contributed by atoms with Crippen LogP contribution in [-0.2, 0) is 6.42 Å². The Morgan fingerprint density at radius 2 is 1.68 bits per heavy atom. The van der Waals surface area contributed by atoms with Crippen molar-refractivity contribution < 1.29 is 14.4 Å². The Labute approximate surface area is 197 Å². The van der Waals surface area contributed by atoms with Gasteiger partial charge in [-0.2, -0.15) is 0 Å². The number of nitrogens with zero attached hydrogens (tertiary/aromatic N) is 2. The molecule has 3 aromatic rings. The predicted molar refractivity (Wildman–Crippen MR) is 129 cm³/mol. The molecule has 0 saturated heterocycles. The van der Waals surface area contributed by atoms with Crippen molar-refractivity contribution in [3.05, 3.63) is 79.4 Å². The fraction of sp³-hybridized carbons (Fsp3) is 0.217. The maximum atomic E-state index is 12.5. The van der Waals surface area contributed by atoms with Crippen LogP contribution in [0.25, 0.3) is 0 Å². The first-order valence-corrected chi connectivity index (χ1v) is 11.8. The fourth-order valence-electron chi connectivity index (χ4n) is 3.52. The number of aryl methyl sites for hydroxylation is 2. The van der Waals surface area contributed by atoms with Crippen LogP contribution in [0.2, 0.25) is 0 Å². The molecule has 0 saturated carbocycles. The van der Waals surface area contributed by atoms with E-state index in [9.17, 15) is 14.4 Å². The summed E-state index contributed by atoms with van der Waals surface area (Å²) in [5.41, 5.74) is 2.49. The molecule has 4 rings (SSSR count). The minimum atomic E-state index is -0.213. The molecule has 158 valence electrons. The minimum Gasteiger partial charge on any atom is -0.298 e. The summed E-state index contributed by atoms with van der Waals surface area (Å²) in [5, 5.41) is 3.46. The molecule has 31 heavy (non-hydrogen) atoms. The van der Waals surface area contributed by atoms with Crippen molar-refractivity contribution in [1.29, 1.82) is 0 Å². The molecule has 0 atom stereocenters. The first-order chi connectivity index (χ1) is 15.0. The van der Waals surface area contributed by atoms with Crippen molar-refractivity contribution >= 4 is 56.8 Å². The van der Waals surface area contributed by atoms with Gasteiger partial charge in [-0.15, -0.1) is 11.3 Å². The molecule has 0 fully saturated rings. The maximum absolute atomic E-state index is 12.5. The van der Waals surface area contributed by atoms with Gasteiger partial charge in [0, 0.05) is 15.0 Å². The number of hydrogen-bond acceptors (Lipinski definition) is 5. The van der Waals surface area contributed by atoms with Crippen LogP contribution < -0.4 is 5.32 Å². The summed E-state index contributed by atoms with van der Waals surface area (Å²) >= 11 is 3.61. The molecule has 2 heterocycles. The number of anilines is 1. The summed E-state index contributed by atoms with van der Waals surface area (Å²) in [7, 11) is 0. The van der Waals surface area contributed by atoms with Gasteiger partial charge in [-0.3, -0.25) is 24.6 Å². The number of imide groups is 1. The Morgan fingerprint density at radius 1 is 1.03 bits per heavy atom. The number of rotatable bonds is 7. The normalized spacial score (nSPS) is 12.9. The van der Waals surface area contributed by atoms with Crippen LogP contribution in [0.3, 0.4) is 0 Å². The zero-order valence-corrected chi connectivity index (χ0v) is 19.8. The highest BCUT2D eigenvalue weighted by Gasteiger charge is 2.34. The Balaban J connectivity index is 1.31. The number of fused-ring (bicyclic) bond motifs is 1. The van der Waals surface area contributed by atoms with E-state index in [-0.39, 0.29) is 17.7 Å². The largest absolute Gasteiger partial charge is 0.298 e. The Kier molecular flexibility index (Phi) is 6.47. The average Bonchev–Trinajstić information content (AvgIpc) is 3.22. The Bertz CT molecular complexity index is 1140. The topological polar surface area (TPSA) is 79.4 Å². The summed E-state index contributed by atoms with van der Waals surface area (Å²) < 4.78 is 0.888. The van der Waals surface area contributed by atoms with Gasteiger partial charge in [0.2, 0.25) is 0 Å². The Hall–Kier alpha value is -2.59. The average molecular weight is 545 g/mol. The second-order valence-electron chi connectivity index (χ2n) is 7.23. The van der Waals surface area contributed by atoms with Gasteiger partial charge in [0.25, 0.3) is 17.7 Å². The molecule has 1 aliphatic heterocycles. The first-order valence-electron chi connectivity index (χ1n) is 9.93. The third-order valence-corrected chi connectivity index (χ3v) is 7.22. The van der Waals surface area contributed by atoms with E-state index in [0.717, 1.165) is 27.0 Å². The van der Waals surface area contributed by atoms with Gasteiger partial charge in [0.15, 0.2) is 5.13 Å². The van der Waals surface area contributed by atoms with E-state index in [2.05, 4.69) is 32.9 Å². The van der Waals surface area contributed by atoms with Crippen molar-refractivity contribution in [2.24, 2.45) is 0 Å². The highest BCUT2D eigenvalue weighted by Crippen LogP contribution is 2.26. The second-order valence-corrected chi connectivity index (χ2v) is 9.47. The van der Waals surface area contributed by atoms with Crippen LogP contribution >= 0.6 is 33.9 Å². The highest BCUT2D eigenvalue weighted by atomic mass is 127. The molecular formula is C23H20IN3O3S. The number of nitrogens with one attached hydrogen (secondary N) is 1. The van der Waals surface area contributed by atoms with E-state index in [0.29, 0.717) is 34.8 Å². The van der Waals surface area contributed by atoms with E-state index < -0.39 is 0 Å². The van der Waals surface area contributed by atoms with E-state index in [4.69, 9.17) is 0 Å². The molecule has 6 nitrogen and oxygen atoms in total. The molecule has 2 aromatic carbocycles. The summed E-state index contributed by atoms with van der Waals surface area (Å²) in [4.78, 5) is 44.3.